The number of methoxy groups -OCH3 is 1. The van der Waals surface area contributed by atoms with Crippen molar-refractivity contribution in [1.82, 2.24) is 4.98 Å². The number of aromatic nitrogens is 1. The van der Waals surface area contributed by atoms with E-state index in [1.165, 1.54) is 13.3 Å². The van der Waals surface area contributed by atoms with Gasteiger partial charge in [0.25, 0.3) is 0 Å². The van der Waals surface area contributed by atoms with Gasteiger partial charge in [0.1, 0.15) is 11.6 Å². The predicted octanol–water partition coefficient (Wildman–Crippen LogP) is 0.410. The van der Waals surface area contributed by atoms with Crippen molar-refractivity contribution in [2.24, 2.45) is 0 Å². The van der Waals surface area contributed by atoms with E-state index < -0.39 is 10.8 Å². The van der Waals surface area contributed by atoms with Crippen LogP contribution in [-0.4, -0.2) is 22.6 Å². The summed E-state index contributed by atoms with van der Waals surface area (Å²) >= 11 is 0. The highest BCUT2D eigenvalue weighted by atomic mass is 32.2. The molecule has 0 radical (unpaired) electrons. The zero-order chi connectivity index (χ0) is 9.14. The van der Waals surface area contributed by atoms with Crippen molar-refractivity contribution in [3.05, 3.63) is 12.3 Å². The zero-order valence-corrected chi connectivity index (χ0v) is 7.72. The van der Waals surface area contributed by atoms with Crippen LogP contribution < -0.4 is 10.5 Å². The molecule has 0 aromatic carbocycles. The Hall–Kier alpha value is -1.10. The molecule has 12 heavy (non-hydrogen) atoms. The maximum absolute atomic E-state index is 11.1. The third-order valence-electron chi connectivity index (χ3n) is 1.38. The summed E-state index contributed by atoms with van der Waals surface area (Å²) in [6.07, 6.45) is 3.03. The molecule has 0 aliphatic carbocycles. The van der Waals surface area contributed by atoms with E-state index in [1.807, 2.05) is 0 Å². The van der Waals surface area contributed by atoms with Gasteiger partial charge in [0.2, 0.25) is 0 Å². The molecule has 0 bridgehead atoms. The summed E-state index contributed by atoms with van der Waals surface area (Å²) in [6.45, 7) is 0. The first-order valence-corrected chi connectivity index (χ1v) is 4.84. The van der Waals surface area contributed by atoms with Crippen molar-refractivity contribution < 1.29 is 8.95 Å². The van der Waals surface area contributed by atoms with Gasteiger partial charge in [-0.15, -0.1) is 0 Å². The van der Waals surface area contributed by atoms with E-state index in [1.54, 1.807) is 12.3 Å². The fourth-order valence-corrected chi connectivity index (χ4v) is 1.44. The minimum absolute atomic E-state index is 0.362. The molecule has 1 heterocycles. The fourth-order valence-electron chi connectivity index (χ4n) is 0.815. The third-order valence-corrected chi connectivity index (χ3v) is 2.31. The molecule has 0 spiro atoms. The van der Waals surface area contributed by atoms with Crippen molar-refractivity contribution >= 4 is 16.6 Å². The molecule has 0 fully saturated rings. The van der Waals surface area contributed by atoms with Gasteiger partial charge in [-0.1, -0.05) is 0 Å². The second-order valence-electron chi connectivity index (χ2n) is 2.21. The van der Waals surface area contributed by atoms with E-state index in [4.69, 9.17) is 10.5 Å². The highest BCUT2D eigenvalue weighted by Crippen LogP contribution is 2.21. The van der Waals surface area contributed by atoms with Gasteiger partial charge in [0.15, 0.2) is 0 Å². The van der Waals surface area contributed by atoms with Crippen LogP contribution in [0.5, 0.6) is 5.75 Å². The summed E-state index contributed by atoms with van der Waals surface area (Å²) in [7, 11) is 0.413. The molecule has 1 aromatic rings. The second-order valence-corrected chi connectivity index (χ2v) is 3.56. The van der Waals surface area contributed by atoms with Crippen LogP contribution >= 0.6 is 0 Å². The SMILES string of the molecule is COc1cc(N)ncc1S(C)=O. The molecule has 0 saturated heterocycles. The average molecular weight is 186 g/mol. The Bertz CT molecular complexity index is 314. The minimum Gasteiger partial charge on any atom is -0.495 e. The van der Waals surface area contributed by atoms with E-state index in [9.17, 15) is 4.21 Å². The van der Waals surface area contributed by atoms with Crippen molar-refractivity contribution in [2.45, 2.75) is 4.90 Å². The molecular weight excluding hydrogens is 176 g/mol. The van der Waals surface area contributed by atoms with Crippen molar-refractivity contribution in [2.75, 3.05) is 19.1 Å². The summed E-state index contributed by atoms with van der Waals surface area (Å²) in [5.41, 5.74) is 5.41. The Morgan fingerprint density at radius 2 is 2.33 bits per heavy atom. The molecule has 5 heteroatoms. The third kappa shape index (κ3) is 1.73. The molecule has 2 N–H and O–H groups in total. The molecule has 1 atom stereocenters. The molecule has 0 aliphatic rings. The first-order valence-electron chi connectivity index (χ1n) is 3.28. The molecule has 1 unspecified atom stereocenters. The van der Waals surface area contributed by atoms with Crippen LogP contribution in [0.4, 0.5) is 5.82 Å². The van der Waals surface area contributed by atoms with Gasteiger partial charge in [-0.2, -0.15) is 0 Å². The van der Waals surface area contributed by atoms with Crippen LogP contribution in [0.25, 0.3) is 0 Å². The maximum Gasteiger partial charge on any atom is 0.140 e. The first-order chi connectivity index (χ1) is 5.65. The van der Waals surface area contributed by atoms with Crippen molar-refractivity contribution in [3.63, 3.8) is 0 Å². The summed E-state index contributed by atoms with van der Waals surface area (Å²) in [5.74, 6) is 0.879. The fraction of sp³-hybridized carbons (Fsp3) is 0.286. The normalized spacial score (nSPS) is 12.5. The first kappa shape index (κ1) is 8.99. The predicted molar refractivity (Wildman–Crippen MR) is 47.5 cm³/mol. The number of rotatable bonds is 2. The monoisotopic (exact) mass is 186 g/mol. The van der Waals surface area contributed by atoms with E-state index >= 15 is 0 Å². The molecule has 1 aromatic heterocycles. The molecular formula is C7H10N2O2S. The molecule has 1 rings (SSSR count). The Balaban J connectivity index is 3.20. The molecule has 66 valence electrons. The Kier molecular flexibility index (Phi) is 2.65. The van der Waals surface area contributed by atoms with Gasteiger partial charge in [0.05, 0.1) is 22.8 Å². The lowest BCUT2D eigenvalue weighted by Crippen LogP contribution is -1.98. The Morgan fingerprint density at radius 1 is 1.67 bits per heavy atom. The van der Waals surface area contributed by atoms with Crippen molar-refractivity contribution in [1.29, 1.82) is 0 Å². The average Bonchev–Trinajstić information content (AvgIpc) is 2.03. The molecule has 0 aliphatic heterocycles. The van der Waals surface area contributed by atoms with E-state index in [-0.39, 0.29) is 0 Å². The van der Waals surface area contributed by atoms with E-state index in [0.717, 1.165) is 0 Å². The summed E-state index contributed by atoms with van der Waals surface area (Å²) in [4.78, 5) is 4.38. The largest absolute Gasteiger partial charge is 0.495 e. The smallest absolute Gasteiger partial charge is 0.140 e. The number of nitrogens with zero attached hydrogens (tertiary/aromatic N) is 1. The van der Waals surface area contributed by atoms with Gasteiger partial charge in [-0.05, 0) is 0 Å². The number of anilines is 1. The lowest BCUT2D eigenvalue weighted by Gasteiger charge is -2.04. The number of ether oxygens (including phenoxy) is 1. The highest BCUT2D eigenvalue weighted by molar-refractivity contribution is 7.84. The number of nitrogen functional groups attached to an aromatic ring is 1. The topological polar surface area (TPSA) is 65.2 Å². The summed E-state index contributed by atoms with van der Waals surface area (Å²) < 4.78 is 16.1. The van der Waals surface area contributed by atoms with Crippen LogP contribution in [0.3, 0.4) is 0 Å². The van der Waals surface area contributed by atoms with Gasteiger partial charge in [-0.3, -0.25) is 4.21 Å². The van der Waals surface area contributed by atoms with Gasteiger partial charge >= 0.3 is 0 Å². The van der Waals surface area contributed by atoms with Gasteiger partial charge in [0, 0.05) is 18.5 Å². The summed E-state index contributed by atoms with van der Waals surface area (Å²) in [6, 6.07) is 1.55. The van der Waals surface area contributed by atoms with Gasteiger partial charge in [-0.25, -0.2) is 4.98 Å². The lowest BCUT2D eigenvalue weighted by molar-refractivity contribution is 0.403. The number of pyridine rings is 1. The van der Waals surface area contributed by atoms with Crippen LogP contribution in [-0.2, 0) is 10.8 Å². The van der Waals surface area contributed by atoms with Crippen molar-refractivity contribution in [3.8, 4) is 5.75 Å². The molecule has 4 nitrogen and oxygen atoms in total. The highest BCUT2D eigenvalue weighted by Gasteiger charge is 2.06. The Labute approximate surface area is 73.2 Å². The van der Waals surface area contributed by atoms with E-state index in [2.05, 4.69) is 4.98 Å². The lowest BCUT2D eigenvalue weighted by atomic mass is 10.4. The maximum atomic E-state index is 11.1. The van der Waals surface area contributed by atoms with Crippen LogP contribution in [0.1, 0.15) is 0 Å². The molecule has 0 amide bonds. The van der Waals surface area contributed by atoms with Crippen LogP contribution in [0.15, 0.2) is 17.2 Å². The zero-order valence-electron chi connectivity index (χ0n) is 6.90. The minimum atomic E-state index is -1.09. The van der Waals surface area contributed by atoms with Crippen LogP contribution in [0.2, 0.25) is 0 Å². The Morgan fingerprint density at radius 3 is 2.83 bits per heavy atom. The number of nitrogens with two attached hydrogens (primary N) is 1. The summed E-state index contributed by atoms with van der Waals surface area (Å²) in [5, 5.41) is 0. The van der Waals surface area contributed by atoms with Gasteiger partial charge < -0.3 is 10.5 Å². The standard InChI is InChI=1S/C7H10N2O2S/c1-11-5-3-7(8)9-4-6(5)12(2)10/h3-4H,1-2H3,(H2,8,9). The molecule has 0 saturated carbocycles. The van der Waals surface area contributed by atoms with Crippen LogP contribution in [0, 0.1) is 0 Å². The van der Waals surface area contributed by atoms with E-state index in [0.29, 0.717) is 16.5 Å². The number of hydrogen-bond acceptors (Lipinski definition) is 4. The second kappa shape index (κ2) is 3.53. The number of hydrogen-bond donors (Lipinski definition) is 1. The quantitative estimate of drug-likeness (QED) is 0.726.